The largest absolute Gasteiger partial charge is 0.477 e. The van der Waals surface area contributed by atoms with Gasteiger partial charge in [-0.15, -0.1) is 0 Å². The summed E-state index contributed by atoms with van der Waals surface area (Å²) in [5, 5.41) is 8.99. The molecule has 1 rings (SSSR count). The van der Waals surface area contributed by atoms with Gasteiger partial charge in [-0.3, -0.25) is 4.57 Å². The Balaban J connectivity index is 2.97. The van der Waals surface area contributed by atoms with E-state index in [9.17, 15) is 0 Å². The molecule has 0 aliphatic heterocycles. The Labute approximate surface area is 96.6 Å². The molecule has 1 aromatic heterocycles. The molecule has 1 aromatic rings. The second-order valence-corrected chi connectivity index (χ2v) is 4.07. The van der Waals surface area contributed by atoms with Gasteiger partial charge in [0.15, 0.2) is 0 Å². The molecular weight excluding hydrogens is 202 g/mol. The average Bonchev–Trinajstić information content (AvgIpc) is 2.56. The fraction of sp³-hybridized carbons (Fsp3) is 0.583. The first-order valence-electron chi connectivity index (χ1n) is 5.65. The molecule has 2 N–H and O–H groups in total. The van der Waals surface area contributed by atoms with Crippen LogP contribution in [0.3, 0.4) is 0 Å². The summed E-state index contributed by atoms with van der Waals surface area (Å²) in [7, 11) is 0. The topological polar surface area (TPSA) is 64.0 Å². The van der Waals surface area contributed by atoms with Crippen LogP contribution in [0.15, 0.2) is 6.07 Å². The number of rotatable bonds is 5. The van der Waals surface area contributed by atoms with Gasteiger partial charge in [-0.2, -0.15) is 5.26 Å². The number of nitrogens with two attached hydrogens (primary N) is 1. The summed E-state index contributed by atoms with van der Waals surface area (Å²) in [6.07, 6.45) is 2.07. The van der Waals surface area contributed by atoms with E-state index >= 15 is 0 Å². The third kappa shape index (κ3) is 2.48. The Morgan fingerprint density at radius 1 is 1.56 bits per heavy atom. The molecule has 4 heteroatoms. The highest BCUT2D eigenvalue weighted by Crippen LogP contribution is 2.30. The Morgan fingerprint density at radius 3 is 2.75 bits per heavy atom. The number of nitrogens with zero attached hydrogens (tertiary/aromatic N) is 2. The molecule has 0 bridgehead atoms. The first-order chi connectivity index (χ1) is 7.61. The van der Waals surface area contributed by atoms with Crippen LogP contribution in [-0.4, -0.2) is 11.2 Å². The highest BCUT2D eigenvalue weighted by Gasteiger charge is 2.16. The molecule has 16 heavy (non-hydrogen) atoms. The predicted octanol–water partition coefficient (Wildman–Crippen LogP) is 2.70. The zero-order valence-corrected chi connectivity index (χ0v) is 10.2. The van der Waals surface area contributed by atoms with E-state index in [4.69, 9.17) is 15.7 Å². The molecule has 0 amide bonds. The van der Waals surface area contributed by atoms with E-state index in [0.29, 0.717) is 23.9 Å². The molecule has 0 aliphatic rings. The Kier molecular flexibility index (Phi) is 4.24. The molecule has 0 aromatic carbocycles. The van der Waals surface area contributed by atoms with Crippen LogP contribution in [0.5, 0.6) is 5.88 Å². The lowest BCUT2D eigenvalue weighted by atomic mass is 10.3. The second kappa shape index (κ2) is 5.45. The maximum absolute atomic E-state index is 8.99. The van der Waals surface area contributed by atoms with Gasteiger partial charge in [0.1, 0.15) is 11.8 Å². The van der Waals surface area contributed by atoms with E-state index in [1.807, 2.05) is 18.4 Å². The molecule has 1 heterocycles. The number of hydrogen-bond donors (Lipinski definition) is 1. The van der Waals surface area contributed by atoms with E-state index in [0.717, 1.165) is 12.8 Å². The van der Waals surface area contributed by atoms with E-state index in [1.165, 1.54) is 0 Å². The maximum atomic E-state index is 8.99. The number of aromatic nitrogens is 1. The van der Waals surface area contributed by atoms with E-state index < -0.39 is 0 Å². The fourth-order valence-corrected chi connectivity index (χ4v) is 1.59. The van der Waals surface area contributed by atoms with Crippen LogP contribution in [0, 0.1) is 11.3 Å². The fourth-order valence-electron chi connectivity index (χ4n) is 1.59. The molecule has 0 radical (unpaired) electrons. The minimum absolute atomic E-state index is 0.170. The van der Waals surface area contributed by atoms with Crippen LogP contribution < -0.4 is 10.5 Å². The van der Waals surface area contributed by atoms with Crippen molar-refractivity contribution in [1.29, 1.82) is 5.26 Å². The van der Waals surface area contributed by atoms with Gasteiger partial charge in [-0.1, -0.05) is 13.3 Å². The quantitative estimate of drug-likeness (QED) is 0.777. The van der Waals surface area contributed by atoms with Crippen molar-refractivity contribution in [3.05, 3.63) is 11.8 Å². The molecule has 0 saturated heterocycles. The van der Waals surface area contributed by atoms with Crippen molar-refractivity contribution in [3.63, 3.8) is 0 Å². The maximum Gasteiger partial charge on any atom is 0.218 e. The predicted molar refractivity (Wildman–Crippen MR) is 64.3 cm³/mol. The molecule has 0 fully saturated rings. The molecule has 0 saturated carbocycles. The zero-order chi connectivity index (χ0) is 12.1. The lowest BCUT2D eigenvalue weighted by Crippen LogP contribution is -2.09. The Bertz CT molecular complexity index is 388. The second-order valence-electron chi connectivity index (χ2n) is 4.07. The Hall–Kier alpha value is -1.63. The molecule has 0 atom stereocenters. The SMILES string of the molecule is CCCCOc1c(N)cc(C#N)n1C(C)C. The van der Waals surface area contributed by atoms with Crippen LogP contribution in [0.25, 0.3) is 0 Å². The van der Waals surface area contributed by atoms with Crippen LogP contribution in [0.4, 0.5) is 5.69 Å². The number of nitrogen functional groups attached to an aromatic ring is 1. The third-order valence-electron chi connectivity index (χ3n) is 2.39. The zero-order valence-electron chi connectivity index (χ0n) is 10.2. The molecule has 4 nitrogen and oxygen atoms in total. The Morgan fingerprint density at radius 2 is 2.25 bits per heavy atom. The monoisotopic (exact) mass is 221 g/mol. The lowest BCUT2D eigenvalue weighted by Gasteiger charge is -2.15. The summed E-state index contributed by atoms with van der Waals surface area (Å²) in [4.78, 5) is 0. The summed E-state index contributed by atoms with van der Waals surface area (Å²) in [5.41, 5.74) is 6.94. The van der Waals surface area contributed by atoms with Crippen LogP contribution in [-0.2, 0) is 0 Å². The van der Waals surface area contributed by atoms with E-state index in [-0.39, 0.29) is 6.04 Å². The molecule has 88 valence electrons. The highest BCUT2D eigenvalue weighted by atomic mass is 16.5. The van der Waals surface area contributed by atoms with Crippen molar-refractivity contribution in [2.75, 3.05) is 12.3 Å². The summed E-state index contributed by atoms with van der Waals surface area (Å²) in [6.45, 7) is 6.76. The normalized spacial score (nSPS) is 10.4. The minimum Gasteiger partial charge on any atom is -0.477 e. The van der Waals surface area contributed by atoms with E-state index in [2.05, 4.69) is 13.0 Å². The standard InChI is InChI=1S/C12H19N3O/c1-4-5-6-16-12-11(14)7-10(8-13)15(12)9(2)3/h7,9H,4-6,14H2,1-3H3. The van der Waals surface area contributed by atoms with Gasteiger partial charge in [0.05, 0.1) is 12.3 Å². The number of ether oxygens (including phenoxy) is 1. The summed E-state index contributed by atoms with van der Waals surface area (Å²) < 4.78 is 7.48. The van der Waals surface area contributed by atoms with Crippen molar-refractivity contribution >= 4 is 5.69 Å². The lowest BCUT2D eigenvalue weighted by molar-refractivity contribution is 0.279. The van der Waals surface area contributed by atoms with Gasteiger partial charge in [0.25, 0.3) is 0 Å². The smallest absolute Gasteiger partial charge is 0.218 e. The first kappa shape index (κ1) is 12.4. The average molecular weight is 221 g/mol. The third-order valence-corrected chi connectivity index (χ3v) is 2.39. The highest BCUT2D eigenvalue weighted by molar-refractivity contribution is 5.55. The van der Waals surface area contributed by atoms with Gasteiger partial charge in [0, 0.05) is 12.1 Å². The molecule has 0 spiro atoms. The van der Waals surface area contributed by atoms with Crippen molar-refractivity contribution in [1.82, 2.24) is 4.57 Å². The van der Waals surface area contributed by atoms with Gasteiger partial charge >= 0.3 is 0 Å². The summed E-state index contributed by atoms with van der Waals surface area (Å²) in [5.74, 6) is 0.625. The summed E-state index contributed by atoms with van der Waals surface area (Å²) >= 11 is 0. The molecular formula is C12H19N3O. The first-order valence-corrected chi connectivity index (χ1v) is 5.65. The molecule has 0 aliphatic carbocycles. The van der Waals surface area contributed by atoms with Gasteiger partial charge < -0.3 is 10.5 Å². The number of hydrogen-bond acceptors (Lipinski definition) is 3. The van der Waals surface area contributed by atoms with Crippen molar-refractivity contribution in [2.45, 2.75) is 39.7 Å². The van der Waals surface area contributed by atoms with Gasteiger partial charge in [-0.05, 0) is 20.3 Å². The number of anilines is 1. The van der Waals surface area contributed by atoms with Gasteiger partial charge in [-0.25, -0.2) is 0 Å². The molecule has 0 unspecified atom stereocenters. The van der Waals surface area contributed by atoms with Crippen LogP contribution >= 0.6 is 0 Å². The van der Waals surface area contributed by atoms with E-state index in [1.54, 1.807) is 6.07 Å². The summed E-state index contributed by atoms with van der Waals surface area (Å²) in [6, 6.07) is 3.97. The van der Waals surface area contributed by atoms with Crippen molar-refractivity contribution in [2.24, 2.45) is 0 Å². The van der Waals surface area contributed by atoms with Crippen molar-refractivity contribution in [3.8, 4) is 11.9 Å². The number of nitriles is 1. The van der Waals surface area contributed by atoms with Crippen LogP contribution in [0.1, 0.15) is 45.3 Å². The van der Waals surface area contributed by atoms with Crippen LogP contribution in [0.2, 0.25) is 0 Å². The minimum atomic E-state index is 0.170. The number of unbranched alkanes of at least 4 members (excludes halogenated alkanes) is 1. The van der Waals surface area contributed by atoms with Crippen molar-refractivity contribution < 1.29 is 4.74 Å². The van der Waals surface area contributed by atoms with Gasteiger partial charge in [0.2, 0.25) is 5.88 Å².